The molecule has 0 radical (unpaired) electrons. The summed E-state index contributed by atoms with van der Waals surface area (Å²) in [7, 11) is 0. The lowest BCUT2D eigenvalue weighted by Crippen LogP contribution is -2.08. The normalized spacial score (nSPS) is 11.3. The van der Waals surface area contributed by atoms with Gasteiger partial charge in [0.15, 0.2) is 0 Å². The van der Waals surface area contributed by atoms with Gasteiger partial charge < -0.3 is 10.6 Å². The molecule has 0 fully saturated rings. The van der Waals surface area contributed by atoms with Crippen molar-refractivity contribution in [3.05, 3.63) is 70.6 Å². The van der Waals surface area contributed by atoms with Crippen molar-refractivity contribution in [1.82, 2.24) is 15.0 Å². The van der Waals surface area contributed by atoms with Crippen LogP contribution < -0.4 is 10.6 Å². The van der Waals surface area contributed by atoms with Crippen LogP contribution in [0.1, 0.15) is 16.8 Å². The maximum Gasteiger partial charge on any atom is 0.417 e. The minimum Gasteiger partial charge on any atom is -0.350 e. The molecule has 5 nitrogen and oxygen atoms in total. The average Bonchev–Trinajstić information content (AvgIpc) is 2.61. The topological polar surface area (TPSA) is 62.7 Å². The number of benzene rings is 1. The second-order valence-corrected chi connectivity index (χ2v) is 6.16. The van der Waals surface area contributed by atoms with E-state index in [1.807, 2.05) is 12.1 Å². The molecular weight excluding hydrogens is 379 g/mol. The largest absolute Gasteiger partial charge is 0.417 e. The van der Waals surface area contributed by atoms with Gasteiger partial charge in [-0.2, -0.15) is 18.2 Å². The molecule has 0 aliphatic heterocycles. The van der Waals surface area contributed by atoms with Crippen LogP contribution in [0.3, 0.4) is 0 Å². The van der Waals surface area contributed by atoms with Crippen LogP contribution in [0.5, 0.6) is 0 Å². The monoisotopic (exact) mass is 393 g/mol. The molecule has 9 heteroatoms. The lowest BCUT2D eigenvalue weighted by molar-refractivity contribution is -0.137. The minimum absolute atomic E-state index is 0.225. The van der Waals surface area contributed by atoms with Crippen molar-refractivity contribution in [3.8, 4) is 0 Å². The fraction of sp³-hybridized carbons (Fsp3) is 0.167. The molecule has 0 atom stereocenters. The predicted octanol–water partition coefficient (Wildman–Crippen LogP) is 5.21. The van der Waals surface area contributed by atoms with Crippen LogP contribution in [0.4, 0.5) is 30.6 Å². The van der Waals surface area contributed by atoms with Crippen molar-refractivity contribution in [2.24, 2.45) is 0 Å². The summed E-state index contributed by atoms with van der Waals surface area (Å²) in [4.78, 5) is 12.6. The summed E-state index contributed by atoms with van der Waals surface area (Å²) in [5, 5.41) is 5.57. The van der Waals surface area contributed by atoms with Crippen LogP contribution in [0, 0.1) is 6.92 Å². The number of aryl methyl sites for hydroxylation is 1. The first-order valence-corrected chi connectivity index (χ1v) is 8.31. The Bertz CT molecular complexity index is 932. The summed E-state index contributed by atoms with van der Waals surface area (Å²) in [5.74, 6) is 0.720. The van der Waals surface area contributed by atoms with E-state index in [-0.39, 0.29) is 10.7 Å². The van der Waals surface area contributed by atoms with Gasteiger partial charge in [0.25, 0.3) is 0 Å². The summed E-state index contributed by atoms with van der Waals surface area (Å²) >= 11 is 5.65. The standard InChI is InChI=1S/C18H15ClF3N5/c1-11-7-16(26-13-4-5-15(19)14(8-13)18(20,21)22)27-17(25-11)24-10-12-3-2-6-23-9-12/h2-9H,10H2,1H3,(H2,24,25,26,27). The Morgan fingerprint density at radius 3 is 2.63 bits per heavy atom. The number of nitrogens with zero attached hydrogens (tertiary/aromatic N) is 3. The van der Waals surface area contributed by atoms with Crippen molar-refractivity contribution in [2.75, 3.05) is 10.6 Å². The van der Waals surface area contributed by atoms with Crippen molar-refractivity contribution in [1.29, 1.82) is 0 Å². The quantitative estimate of drug-likeness (QED) is 0.623. The first-order chi connectivity index (χ1) is 12.8. The molecule has 3 aromatic rings. The van der Waals surface area contributed by atoms with Gasteiger partial charge in [0.05, 0.1) is 10.6 Å². The fourth-order valence-corrected chi connectivity index (χ4v) is 2.59. The van der Waals surface area contributed by atoms with E-state index < -0.39 is 11.7 Å². The van der Waals surface area contributed by atoms with Gasteiger partial charge in [-0.05, 0) is 36.8 Å². The molecule has 0 bridgehead atoms. The van der Waals surface area contributed by atoms with Crippen LogP contribution >= 0.6 is 11.6 Å². The van der Waals surface area contributed by atoms with E-state index in [2.05, 4.69) is 25.6 Å². The number of hydrogen-bond acceptors (Lipinski definition) is 5. The van der Waals surface area contributed by atoms with Crippen LogP contribution in [0.2, 0.25) is 5.02 Å². The molecule has 2 N–H and O–H groups in total. The number of anilines is 3. The molecule has 27 heavy (non-hydrogen) atoms. The molecule has 140 valence electrons. The zero-order valence-corrected chi connectivity index (χ0v) is 14.9. The maximum absolute atomic E-state index is 13.0. The Morgan fingerprint density at radius 1 is 1.11 bits per heavy atom. The van der Waals surface area contributed by atoms with E-state index in [1.165, 1.54) is 12.1 Å². The van der Waals surface area contributed by atoms with Gasteiger partial charge in [0.2, 0.25) is 5.95 Å². The third-order valence-corrected chi connectivity index (χ3v) is 3.90. The molecule has 2 aromatic heterocycles. The second kappa shape index (κ2) is 7.79. The zero-order valence-electron chi connectivity index (χ0n) is 14.2. The van der Waals surface area contributed by atoms with Gasteiger partial charge in [0, 0.05) is 36.4 Å². The van der Waals surface area contributed by atoms with Gasteiger partial charge in [0.1, 0.15) is 5.82 Å². The molecule has 3 rings (SSSR count). The molecule has 0 unspecified atom stereocenters. The van der Waals surface area contributed by atoms with Crippen LogP contribution in [0.15, 0.2) is 48.8 Å². The number of nitrogens with one attached hydrogen (secondary N) is 2. The van der Waals surface area contributed by atoms with Gasteiger partial charge in [-0.25, -0.2) is 4.98 Å². The Morgan fingerprint density at radius 2 is 1.93 bits per heavy atom. The van der Waals surface area contributed by atoms with Crippen LogP contribution in [-0.2, 0) is 12.7 Å². The summed E-state index contributed by atoms with van der Waals surface area (Å²) in [6.45, 7) is 2.24. The highest BCUT2D eigenvalue weighted by atomic mass is 35.5. The van der Waals surface area contributed by atoms with Crippen molar-refractivity contribution in [3.63, 3.8) is 0 Å². The Balaban J connectivity index is 1.78. The Hall–Kier alpha value is -2.87. The molecule has 0 aliphatic rings. The number of hydrogen-bond donors (Lipinski definition) is 2. The van der Waals surface area contributed by atoms with Crippen molar-refractivity contribution >= 4 is 29.1 Å². The number of pyridine rings is 1. The van der Waals surface area contributed by atoms with E-state index >= 15 is 0 Å². The van der Waals surface area contributed by atoms with E-state index in [4.69, 9.17) is 11.6 Å². The second-order valence-electron chi connectivity index (χ2n) is 5.75. The molecular formula is C18H15ClF3N5. The van der Waals surface area contributed by atoms with Crippen molar-refractivity contribution < 1.29 is 13.2 Å². The van der Waals surface area contributed by atoms with Gasteiger partial charge in [-0.3, -0.25) is 4.98 Å². The zero-order chi connectivity index (χ0) is 19.4. The van der Waals surface area contributed by atoms with Crippen LogP contribution in [-0.4, -0.2) is 15.0 Å². The highest BCUT2D eigenvalue weighted by molar-refractivity contribution is 6.31. The van der Waals surface area contributed by atoms with E-state index in [1.54, 1.807) is 25.4 Å². The highest BCUT2D eigenvalue weighted by Gasteiger charge is 2.33. The summed E-state index contributed by atoms with van der Waals surface area (Å²) in [5.41, 5.74) is 0.925. The molecule has 1 aromatic carbocycles. The van der Waals surface area contributed by atoms with E-state index in [0.29, 0.717) is 24.0 Å². The molecule has 0 amide bonds. The summed E-state index contributed by atoms with van der Waals surface area (Å²) in [6.07, 6.45) is -1.14. The Kier molecular flexibility index (Phi) is 5.46. The molecule has 0 saturated carbocycles. The first kappa shape index (κ1) is 18.9. The summed E-state index contributed by atoms with van der Waals surface area (Å²) < 4.78 is 39.0. The number of aromatic nitrogens is 3. The predicted molar refractivity (Wildman–Crippen MR) is 98.1 cm³/mol. The third kappa shape index (κ3) is 5.07. The SMILES string of the molecule is Cc1cc(Nc2ccc(Cl)c(C(F)(F)F)c2)nc(NCc2cccnc2)n1. The summed E-state index contributed by atoms with van der Waals surface area (Å²) in [6, 6.07) is 8.96. The number of alkyl halides is 3. The number of rotatable bonds is 5. The van der Waals surface area contributed by atoms with Crippen LogP contribution in [0.25, 0.3) is 0 Å². The third-order valence-electron chi connectivity index (χ3n) is 3.57. The van der Waals surface area contributed by atoms with Gasteiger partial charge in [-0.15, -0.1) is 0 Å². The fourth-order valence-electron chi connectivity index (χ4n) is 2.36. The maximum atomic E-state index is 13.0. The molecule has 2 heterocycles. The molecule has 0 aliphatic carbocycles. The van der Waals surface area contributed by atoms with E-state index in [9.17, 15) is 13.2 Å². The van der Waals surface area contributed by atoms with E-state index in [0.717, 1.165) is 11.6 Å². The smallest absolute Gasteiger partial charge is 0.350 e. The average molecular weight is 394 g/mol. The van der Waals surface area contributed by atoms with Gasteiger partial charge in [-0.1, -0.05) is 17.7 Å². The highest BCUT2D eigenvalue weighted by Crippen LogP contribution is 2.36. The Labute approximate surface area is 158 Å². The molecule has 0 spiro atoms. The van der Waals surface area contributed by atoms with Crippen molar-refractivity contribution in [2.45, 2.75) is 19.6 Å². The molecule has 0 saturated heterocycles. The minimum atomic E-state index is -4.53. The van der Waals surface area contributed by atoms with Gasteiger partial charge >= 0.3 is 6.18 Å². The number of halogens is 4. The lowest BCUT2D eigenvalue weighted by atomic mass is 10.2. The lowest BCUT2D eigenvalue weighted by Gasteiger charge is -2.13. The first-order valence-electron chi connectivity index (χ1n) is 7.93.